The van der Waals surface area contributed by atoms with E-state index in [4.69, 9.17) is 5.11 Å². The lowest BCUT2D eigenvalue weighted by Gasteiger charge is -2.27. The Morgan fingerprint density at radius 2 is 1.77 bits per heavy atom. The minimum Gasteiger partial charge on any atom is -0.513 e. The molecule has 1 aliphatic carbocycles. The van der Waals surface area contributed by atoms with Gasteiger partial charge in [-0.2, -0.15) is 0 Å². The van der Waals surface area contributed by atoms with Crippen LogP contribution in [0.15, 0.2) is 12.3 Å². The van der Waals surface area contributed by atoms with Crippen LogP contribution < -0.4 is 0 Å². The van der Waals surface area contributed by atoms with Crippen LogP contribution in [0.3, 0.4) is 0 Å². The molecule has 1 fully saturated rings. The number of hydrogen-bond acceptors (Lipinski definition) is 1. The third kappa shape index (κ3) is 3.84. The van der Waals surface area contributed by atoms with E-state index in [0.29, 0.717) is 11.7 Å². The average molecular weight is 182 g/mol. The van der Waals surface area contributed by atoms with E-state index in [9.17, 15) is 0 Å². The Morgan fingerprint density at radius 3 is 2.23 bits per heavy atom. The Morgan fingerprint density at radius 1 is 1.23 bits per heavy atom. The normalized spacial score (nSPS) is 28.7. The number of hydrogen-bond donors (Lipinski definition) is 1. The molecule has 0 spiro atoms. The fourth-order valence-electron chi connectivity index (χ4n) is 2.47. The van der Waals surface area contributed by atoms with Crippen molar-refractivity contribution in [2.45, 2.75) is 51.9 Å². The second kappa shape index (κ2) is 5.31. The van der Waals surface area contributed by atoms with Gasteiger partial charge in [-0.15, -0.1) is 0 Å². The van der Waals surface area contributed by atoms with Gasteiger partial charge in [0.1, 0.15) is 0 Å². The fraction of sp³-hybridized carbons (Fsp3) is 0.833. The molecule has 0 bridgehead atoms. The third-order valence-electron chi connectivity index (χ3n) is 3.19. The van der Waals surface area contributed by atoms with Crippen LogP contribution in [0.25, 0.3) is 0 Å². The van der Waals surface area contributed by atoms with Crippen LogP contribution in [0.5, 0.6) is 0 Å². The van der Waals surface area contributed by atoms with Crippen LogP contribution in [0, 0.1) is 11.8 Å². The van der Waals surface area contributed by atoms with Crippen molar-refractivity contribution in [2.24, 2.45) is 11.8 Å². The van der Waals surface area contributed by atoms with Gasteiger partial charge in [0.05, 0.1) is 5.76 Å². The van der Waals surface area contributed by atoms with Crippen LogP contribution >= 0.6 is 0 Å². The molecule has 0 atom stereocenters. The lowest BCUT2D eigenvalue weighted by Crippen LogP contribution is -2.14. The van der Waals surface area contributed by atoms with E-state index < -0.39 is 0 Å². The van der Waals surface area contributed by atoms with E-state index in [0.717, 1.165) is 12.3 Å². The Labute approximate surface area is 81.9 Å². The maximum absolute atomic E-state index is 9.08. The van der Waals surface area contributed by atoms with Crippen LogP contribution in [0.4, 0.5) is 0 Å². The van der Waals surface area contributed by atoms with Crippen molar-refractivity contribution >= 4 is 0 Å². The van der Waals surface area contributed by atoms with Gasteiger partial charge in [0, 0.05) is 6.42 Å². The van der Waals surface area contributed by atoms with Gasteiger partial charge in [0.2, 0.25) is 0 Å². The summed E-state index contributed by atoms with van der Waals surface area (Å²) in [5.74, 6) is 2.05. The van der Waals surface area contributed by atoms with Gasteiger partial charge in [-0.05, 0) is 24.7 Å². The highest BCUT2D eigenvalue weighted by molar-refractivity contribution is 4.84. The lowest BCUT2D eigenvalue weighted by atomic mass is 9.79. The molecule has 0 unspecified atom stereocenters. The molecule has 0 aromatic heterocycles. The molecule has 1 saturated carbocycles. The maximum Gasteiger partial charge on any atom is 0.0853 e. The van der Waals surface area contributed by atoms with Crippen molar-refractivity contribution < 1.29 is 5.11 Å². The standard InChI is InChI=1S/C12H22O/c1-3-4-11-5-7-12(8-6-11)9-10(2)13/h11-13H,2-9H2,1H3/t11-,12-. The van der Waals surface area contributed by atoms with Crippen molar-refractivity contribution in [3.05, 3.63) is 12.3 Å². The molecule has 0 aliphatic heterocycles. The Bertz CT molecular complexity index is 155. The monoisotopic (exact) mass is 182 g/mol. The molecule has 0 radical (unpaired) electrons. The van der Waals surface area contributed by atoms with Gasteiger partial charge in [0.15, 0.2) is 0 Å². The van der Waals surface area contributed by atoms with Crippen molar-refractivity contribution in [2.75, 3.05) is 0 Å². The van der Waals surface area contributed by atoms with Crippen LogP contribution in [-0.2, 0) is 0 Å². The van der Waals surface area contributed by atoms with Gasteiger partial charge in [-0.3, -0.25) is 0 Å². The first-order chi connectivity index (χ1) is 6.22. The quantitative estimate of drug-likeness (QED) is 0.650. The first-order valence-corrected chi connectivity index (χ1v) is 5.59. The number of allylic oxidation sites excluding steroid dienone is 1. The second-order valence-electron chi connectivity index (χ2n) is 4.45. The van der Waals surface area contributed by atoms with E-state index in [1.54, 1.807) is 0 Å². The topological polar surface area (TPSA) is 20.2 Å². The minimum absolute atomic E-state index is 0.374. The first-order valence-electron chi connectivity index (χ1n) is 5.59. The number of aliphatic hydroxyl groups is 1. The highest BCUT2D eigenvalue weighted by Crippen LogP contribution is 2.33. The van der Waals surface area contributed by atoms with E-state index in [2.05, 4.69) is 13.5 Å². The summed E-state index contributed by atoms with van der Waals surface area (Å²) >= 11 is 0. The summed E-state index contributed by atoms with van der Waals surface area (Å²) in [7, 11) is 0. The SMILES string of the molecule is C=C(O)C[C@H]1CC[C@H](CCC)CC1. The zero-order chi connectivity index (χ0) is 9.68. The number of aliphatic hydroxyl groups excluding tert-OH is 1. The summed E-state index contributed by atoms with van der Waals surface area (Å²) < 4.78 is 0. The molecule has 0 heterocycles. The van der Waals surface area contributed by atoms with Crippen molar-refractivity contribution in [1.29, 1.82) is 0 Å². The highest BCUT2D eigenvalue weighted by atomic mass is 16.3. The molecule has 0 amide bonds. The van der Waals surface area contributed by atoms with Crippen molar-refractivity contribution in [3.63, 3.8) is 0 Å². The largest absolute Gasteiger partial charge is 0.513 e. The first kappa shape index (κ1) is 10.6. The molecule has 76 valence electrons. The molecule has 13 heavy (non-hydrogen) atoms. The van der Waals surface area contributed by atoms with E-state index >= 15 is 0 Å². The van der Waals surface area contributed by atoms with Crippen molar-refractivity contribution in [3.8, 4) is 0 Å². The van der Waals surface area contributed by atoms with Gasteiger partial charge in [-0.1, -0.05) is 39.2 Å². The predicted molar refractivity (Wildman–Crippen MR) is 56.7 cm³/mol. The molecule has 1 rings (SSSR count). The third-order valence-corrected chi connectivity index (χ3v) is 3.19. The summed E-state index contributed by atoms with van der Waals surface area (Å²) in [6.45, 7) is 5.83. The van der Waals surface area contributed by atoms with E-state index in [1.165, 1.54) is 38.5 Å². The predicted octanol–water partition coefficient (Wildman–Crippen LogP) is 4.05. The summed E-state index contributed by atoms with van der Waals surface area (Å²) in [5, 5.41) is 9.08. The van der Waals surface area contributed by atoms with E-state index in [1.807, 2.05) is 0 Å². The Balaban J connectivity index is 2.18. The molecule has 0 aromatic rings. The molecule has 1 nitrogen and oxygen atoms in total. The summed E-state index contributed by atoms with van der Waals surface area (Å²) in [6, 6.07) is 0. The minimum atomic E-state index is 0.374. The summed E-state index contributed by atoms with van der Waals surface area (Å²) in [4.78, 5) is 0. The lowest BCUT2D eigenvalue weighted by molar-refractivity contribution is 0.239. The zero-order valence-electron chi connectivity index (χ0n) is 8.76. The summed E-state index contributed by atoms with van der Waals surface area (Å²) in [6.07, 6.45) is 8.87. The molecule has 1 N–H and O–H groups in total. The Kier molecular flexibility index (Phi) is 4.34. The smallest absolute Gasteiger partial charge is 0.0853 e. The molecule has 0 saturated heterocycles. The van der Waals surface area contributed by atoms with Crippen molar-refractivity contribution in [1.82, 2.24) is 0 Å². The Hall–Kier alpha value is -0.460. The highest BCUT2D eigenvalue weighted by Gasteiger charge is 2.20. The van der Waals surface area contributed by atoms with Crippen LogP contribution in [0.1, 0.15) is 51.9 Å². The summed E-state index contributed by atoms with van der Waals surface area (Å²) in [5.41, 5.74) is 0. The molecule has 0 aromatic carbocycles. The average Bonchev–Trinajstić information content (AvgIpc) is 2.08. The zero-order valence-corrected chi connectivity index (χ0v) is 8.76. The van der Waals surface area contributed by atoms with Gasteiger partial charge >= 0.3 is 0 Å². The molecule has 1 aliphatic rings. The number of rotatable bonds is 4. The van der Waals surface area contributed by atoms with Crippen LogP contribution in [-0.4, -0.2) is 5.11 Å². The van der Waals surface area contributed by atoms with E-state index in [-0.39, 0.29) is 0 Å². The van der Waals surface area contributed by atoms with Crippen LogP contribution in [0.2, 0.25) is 0 Å². The fourth-order valence-corrected chi connectivity index (χ4v) is 2.47. The molecule has 1 heteroatoms. The van der Waals surface area contributed by atoms with Gasteiger partial charge in [0.25, 0.3) is 0 Å². The molecular weight excluding hydrogens is 160 g/mol. The van der Waals surface area contributed by atoms with Gasteiger partial charge < -0.3 is 5.11 Å². The van der Waals surface area contributed by atoms with Gasteiger partial charge in [-0.25, -0.2) is 0 Å². The maximum atomic E-state index is 9.08. The molecular formula is C12H22O. The second-order valence-corrected chi connectivity index (χ2v) is 4.45.